The van der Waals surface area contributed by atoms with Crippen LogP contribution in [0.5, 0.6) is 0 Å². The van der Waals surface area contributed by atoms with Crippen LogP contribution in [0.25, 0.3) is 0 Å². The second-order valence-electron chi connectivity index (χ2n) is 6.86. The van der Waals surface area contributed by atoms with E-state index in [0.717, 1.165) is 32.1 Å². The van der Waals surface area contributed by atoms with E-state index in [1.165, 1.54) is 0 Å². The summed E-state index contributed by atoms with van der Waals surface area (Å²) in [6, 6.07) is 0. The first kappa shape index (κ1) is 26.1. The van der Waals surface area contributed by atoms with Crippen LogP contribution in [0.1, 0.15) is 72.6 Å². The van der Waals surface area contributed by atoms with Crippen molar-refractivity contribution >= 4 is 11.8 Å². The predicted octanol–water partition coefficient (Wildman–Crippen LogP) is 2.20. The molecule has 0 aromatic heterocycles. The smallest absolute Gasteiger partial charge is 0.220 e. The van der Waals surface area contributed by atoms with Crippen LogP contribution in [0, 0.1) is 23.7 Å². The van der Waals surface area contributed by atoms with Crippen LogP contribution in [0.2, 0.25) is 0 Å². The van der Waals surface area contributed by atoms with Crippen molar-refractivity contribution in [3.63, 3.8) is 0 Å². The Morgan fingerprint density at radius 3 is 1.76 bits per heavy atom. The minimum atomic E-state index is -0.256. The summed E-state index contributed by atoms with van der Waals surface area (Å²) in [5, 5.41) is 17.8. The second kappa shape index (κ2) is 16.3. The summed E-state index contributed by atoms with van der Waals surface area (Å²) in [6.07, 6.45) is 5.88. The maximum atomic E-state index is 10.8. The van der Waals surface area contributed by atoms with E-state index in [1.807, 2.05) is 13.8 Å². The fourth-order valence-corrected chi connectivity index (χ4v) is 3.27. The molecule has 2 amide bonds. The molecule has 4 unspecified atom stereocenters. The van der Waals surface area contributed by atoms with Crippen LogP contribution >= 0.6 is 0 Å². The van der Waals surface area contributed by atoms with Crippen molar-refractivity contribution < 1.29 is 19.8 Å². The standard InChI is InChI=1S/C11H23NO2.C8H17NO2/c1-3-5-9(7-11(12)14)10(8-13)6-4-2;1-3-7(8(9)11)6(2)4-5-10/h9-10,13H,3-8H2,1-2H3,(H2,12,14);6-7,10H,3-5H2,1-2H3,(H2,9,11). The molecule has 25 heavy (non-hydrogen) atoms. The molecule has 4 atom stereocenters. The Bertz CT molecular complexity index is 350. The van der Waals surface area contributed by atoms with Crippen molar-refractivity contribution in [2.45, 2.75) is 72.6 Å². The summed E-state index contributed by atoms with van der Waals surface area (Å²) in [7, 11) is 0. The quantitative estimate of drug-likeness (QED) is 0.401. The SMILES string of the molecule is CCC(C(N)=O)C(C)CCO.CCCC(CO)C(CCC)CC(N)=O. The van der Waals surface area contributed by atoms with E-state index >= 15 is 0 Å². The first-order valence-corrected chi connectivity index (χ1v) is 9.58. The zero-order chi connectivity index (χ0) is 19.8. The fourth-order valence-electron chi connectivity index (χ4n) is 3.27. The third-order valence-corrected chi connectivity index (χ3v) is 4.76. The first-order chi connectivity index (χ1) is 11.8. The van der Waals surface area contributed by atoms with Gasteiger partial charge in [0.2, 0.25) is 11.8 Å². The van der Waals surface area contributed by atoms with Gasteiger partial charge in [-0.2, -0.15) is 0 Å². The van der Waals surface area contributed by atoms with Crippen LogP contribution in [0.15, 0.2) is 0 Å². The van der Waals surface area contributed by atoms with Crippen molar-refractivity contribution in [2.75, 3.05) is 13.2 Å². The molecule has 6 heteroatoms. The molecule has 0 aromatic carbocycles. The van der Waals surface area contributed by atoms with E-state index in [2.05, 4.69) is 13.8 Å². The lowest BCUT2D eigenvalue weighted by molar-refractivity contribution is -0.123. The Hall–Kier alpha value is -1.14. The van der Waals surface area contributed by atoms with Crippen LogP contribution in [-0.4, -0.2) is 35.2 Å². The van der Waals surface area contributed by atoms with Gasteiger partial charge in [-0.1, -0.05) is 40.5 Å². The zero-order valence-corrected chi connectivity index (χ0v) is 16.5. The second-order valence-corrected chi connectivity index (χ2v) is 6.86. The van der Waals surface area contributed by atoms with Crippen molar-refractivity contribution in [1.82, 2.24) is 0 Å². The molecule has 6 nitrogen and oxygen atoms in total. The van der Waals surface area contributed by atoms with E-state index in [9.17, 15) is 14.7 Å². The largest absolute Gasteiger partial charge is 0.396 e. The van der Waals surface area contributed by atoms with Crippen molar-refractivity contribution in [3.05, 3.63) is 0 Å². The van der Waals surface area contributed by atoms with Gasteiger partial charge >= 0.3 is 0 Å². The van der Waals surface area contributed by atoms with Gasteiger partial charge in [-0.25, -0.2) is 0 Å². The van der Waals surface area contributed by atoms with Gasteiger partial charge in [0.25, 0.3) is 0 Å². The van der Waals surface area contributed by atoms with Crippen molar-refractivity contribution in [1.29, 1.82) is 0 Å². The number of carbonyl (C=O) groups excluding carboxylic acids is 2. The lowest BCUT2D eigenvalue weighted by Gasteiger charge is -2.23. The average Bonchev–Trinajstić information content (AvgIpc) is 2.53. The average molecular weight is 361 g/mol. The van der Waals surface area contributed by atoms with Crippen LogP contribution < -0.4 is 11.5 Å². The molecule has 6 N–H and O–H groups in total. The van der Waals surface area contributed by atoms with E-state index in [0.29, 0.717) is 12.8 Å². The Balaban J connectivity index is 0. The number of amides is 2. The lowest BCUT2D eigenvalue weighted by Crippen LogP contribution is -2.28. The molecule has 0 aliphatic carbocycles. The molecule has 150 valence electrons. The molecule has 0 aliphatic rings. The molecule has 0 saturated carbocycles. The Kier molecular flexibility index (Phi) is 17.0. The Morgan fingerprint density at radius 1 is 0.920 bits per heavy atom. The van der Waals surface area contributed by atoms with E-state index in [4.69, 9.17) is 16.6 Å². The third-order valence-electron chi connectivity index (χ3n) is 4.76. The molecule has 0 bridgehead atoms. The molecule has 0 aliphatic heterocycles. The zero-order valence-electron chi connectivity index (χ0n) is 16.5. The molecule has 0 radical (unpaired) electrons. The van der Waals surface area contributed by atoms with Gasteiger partial charge in [-0.15, -0.1) is 0 Å². The van der Waals surface area contributed by atoms with Crippen LogP contribution in [-0.2, 0) is 9.59 Å². The third kappa shape index (κ3) is 12.8. The normalized spacial score (nSPS) is 15.4. The highest BCUT2D eigenvalue weighted by atomic mass is 16.3. The molecular weight excluding hydrogens is 320 g/mol. The van der Waals surface area contributed by atoms with Gasteiger partial charge in [-0.3, -0.25) is 9.59 Å². The first-order valence-electron chi connectivity index (χ1n) is 9.58. The van der Waals surface area contributed by atoms with Gasteiger partial charge in [-0.05, 0) is 43.4 Å². The maximum absolute atomic E-state index is 10.8. The summed E-state index contributed by atoms with van der Waals surface area (Å²) >= 11 is 0. The number of primary amides is 2. The van der Waals surface area contributed by atoms with Crippen LogP contribution in [0.3, 0.4) is 0 Å². The topological polar surface area (TPSA) is 127 Å². The minimum absolute atomic E-state index is 0.0813. The summed E-state index contributed by atoms with van der Waals surface area (Å²) < 4.78 is 0. The van der Waals surface area contributed by atoms with E-state index in [-0.39, 0.29) is 48.7 Å². The van der Waals surface area contributed by atoms with Gasteiger partial charge < -0.3 is 21.7 Å². The number of rotatable bonds is 13. The summed E-state index contributed by atoms with van der Waals surface area (Å²) in [6.45, 7) is 8.36. The Labute approximate surface area is 153 Å². The fraction of sp³-hybridized carbons (Fsp3) is 0.895. The highest BCUT2D eigenvalue weighted by molar-refractivity contribution is 5.76. The van der Waals surface area contributed by atoms with Gasteiger partial charge in [0.15, 0.2) is 0 Å². The Morgan fingerprint density at radius 2 is 1.44 bits per heavy atom. The van der Waals surface area contributed by atoms with Gasteiger partial charge in [0.1, 0.15) is 0 Å². The van der Waals surface area contributed by atoms with Gasteiger partial charge in [0, 0.05) is 25.6 Å². The summed E-state index contributed by atoms with van der Waals surface area (Å²) in [5.41, 5.74) is 10.3. The molecule has 0 spiro atoms. The summed E-state index contributed by atoms with van der Waals surface area (Å²) in [5.74, 6) is 0.117. The van der Waals surface area contributed by atoms with E-state index < -0.39 is 0 Å². The van der Waals surface area contributed by atoms with Crippen molar-refractivity contribution in [2.24, 2.45) is 35.1 Å². The molecule has 0 aromatic rings. The number of aliphatic hydroxyl groups is 2. The van der Waals surface area contributed by atoms with Crippen LogP contribution in [0.4, 0.5) is 0 Å². The molecule has 0 fully saturated rings. The number of hydrogen-bond acceptors (Lipinski definition) is 4. The molecule has 0 rings (SSSR count). The highest BCUT2D eigenvalue weighted by Crippen LogP contribution is 2.25. The number of carbonyl (C=O) groups is 2. The van der Waals surface area contributed by atoms with Crippen molar-refractivity contribution in [3.8, 4) is 0 Å². The highest BCUT2D eigenvalue weighted by Gasteiger charge is 2.21. The number of aliphatic hydroxyl groups excluding tert-OH is 2. The predicted molar refractivity (Wildman–Crippen MR) is 102 cm³/mol. The number of hydrogen-bond donors (Lipinski definition) is 4. The van der Waals surface area contributed by atoms with E-state index in [1.54, 1.807) is 0 Å². The monoisotopic (exact) mass is 360 g/mol. The molecule has 0 heterocycles. The maximum Gasteiger partial charge on any atom is 0.220 e. The molecule has 0 saturated heterocycles. The summed E-state index contributed by atoms with van der Waals surface area (Å²) in [4.78, 5) is 21.6. The lowest BCUT2D eigenvalue weighted by atomic mass is 9.83. The van der Waals surface area contributed by atoms with Gasteiger partial charge in [0.05, 0.1) is 0 Å². The minimum Gasteiger partial charge on any atom is -0.396 e. The molecular formula is C19H40N2O4. The number of nitrogens with two attached hydrogens (primary N) is 2.